The van der Waals surface area contributed by atoms with E-state index in [1.165, 1.54) is 4.90 Å². The summed E-state index contributed by atoms with van der Waals surface area (Å²) < 4.78 is 9.64. The molecule has 6 nitrogen and oxygen atoms in total. The zero-order chi connectivity index (χ0) is 13.0. The highest BCUT2D eigenvalue weighted by atomic mass is 16.6. The Bertz CT molecular complexity index is 311. The summed E-state index contributed by atoms with van der Waals surface area (Å²) in [5.74, 6) is -1.02. The molecule has 0 N–H and O–H groups in total. The van der Waals surface area contributed by atoms with E-state index in [1.807, 2.05) is 13.8 Å². The Morgan fingerprint density at radius 3 is 2.18 bits per heavy atom. The van der Waals surface area contributed by atoms with Crippen molar-refractivity contribution in [3.05, 3.63) is 0 Å². The van der Waals surface area contributed by atoms with Crippen molar-refractivity contribution >= 4 is 24.7 Å². The number of rotatable bonds is 3. The van der Waals surface area contributed by atoms with Crippen LogP contribution in [0.5, 0.6) is 0 Å². The molecular formula is C10H16BNO5. The first-order valence-electron chi connectivity index (χ1n) is 5.48. The summed E-state index contributed by atoms with van der Waals surface area (Å²) in [6.45, 7) is 3.66. The minimum atomic E-state index is -1.38. The lowest BCUT2D eigenvalue weighted by atomic mass is 9.78. The van der Waals surface area contributed by atoms with E-state index in [2.05, 4.69) is 0 Å². The van der Waals surface area contributed by atoms with Gasteiger partial charge in [0.1, 0.15) is 0 Å². The predicted octanol–water partition coefficient (Wildman–Crippen LogP) is -0.339. The monoisotopic (exact) mass is 241 g/mol. The first kappa shape index (κ1) is 13.7. The number of carbonyl (C=O) groups is 3. The maximum Gasteiger partial charge on any atom is 0.674 e. The van der Waals surface area contributed by atoms with Gasteiger partial charge in [0.2, 0.25) is 0 Å². The zero-order valence-corrected chi connectivity index (χ0v) is 10.3. The van der Waals surface area contributed by atoms with E-state index in [1.54, 1.807) is 7.05 Å². The SMILES string of the molecule is CC(C)CC(=O)B1OC(=O)CN(C)CC(=O)O1. The van der Waals surface area contributed by atoms with Crippen LogP contribution in [0.3, 0.4) is 0 Å². The molecule has 1 fully saturated rings. The van der Waals surface area contributed by atoms with E-state index in [0.29, 0.717) is 0 Å². The van der Waals surface area contributed by atoms with Crippen LogP contribution in [-0.4, -0.2) is 49.8 Å². The highest BCUT2D eigenvalue weighted by Crippen LogP contribution is 2.07. The fourth-order valence-electron chi connectivity index (χ4n) is 1.46. The Balaban J connectivity index is 2.67. The number of hydrogen-bond acceptors (Lipinski definition) is 6. The van der Waals surface area contributed by atoms with Gasteiger partial charge in [-0.1, -0.05) is 13.8 Å². The van der Waals surface area contributed by atoms with E-state index in [9.17, 15) is 14.4 Å². The molecule has 1 aliphatic heterocycles. The quantitative estimate of drug-likeness (QED) is 0.629. The Morgan fingerprint density at radius 2 is 1.76 bits per heavy atom. The van der Waals surface area contributed by atoms with E-state index >= 15 is 0 Å². The third-order valence-electron chi connectivity index (χ3n) is 2.15. The average Bonchev–Trinajstić information content (AvgIpc) is 2.12. The second-order valence-corrected chi connectivity index (χ2v) is 4.55. The summed E-state index contributed by atoms with van der Waals surface area (Å²) in [6, 6.07) is 0. The molecule has 0 saturated carbocycles. The number of carbonyl (C=O) groups excluding carboxylic acids is 3. The third-order valence-corrected chi connectivity index (χ3v) is 2.15. The van der Waals surface area contributed by atoms with Crippen LogP contribution < -0.4 is 0 Å². The largest absolute Gasteiger partial charge is 0.674 e. The topological polar surface area (TPSA) is 72.9 Å². The maximum absolute atomic E-state index is 11.7. The molecule has 1 aliphatic rings. The van der Waals surface area contributed by atoms with E-state index in [-0.39, 0.29) is 31.1 Å². The van der Waals surface area contributed by atoms with Gasteiger partial charge in [0.15, 0.2) is 5.68 Å². The molecule has 0 aromatic heterocycles. The van der Waals surface area contributed by atoms with E-state index < -0.39 is 19.1 Å². The first-order valence-corrected chi connectivity index (χ1v) is 5.48. The van der Waals surface area contributed by atoms with Gasteiger partial charge in [0, 0.05) is 6.42 Å². The minimum Gasteiger partial charge on any atom is -0.493 e. The van der Waals surface area contributed by atoms with Crippen molar-refractivity contribution in [2.45, 2.75) is 20.3 Å². The average molecular weight is 241 g/mol. The molecule has 0 aromatic carbocycles. The molecule has 0 unspecified atom stereocenters. The fraction of sp³-hybridized carbons (Fsp3) is 0.700. The minimum absolute atomic E-state index is 0.0272. The van der Waals surface area contributed by atoms with Gasteiger partial charge in [0.25, 0.3) is 0 Å². The molecule has 0 bridgehead atoms. The Morgan fingerprint density at radius 1 is 1.29 bits per heavy atom. The first-order chi connectivity index (χ1) is 7.88. The Hall–Kier alpha value is -1.37. The molecule has 1 saturated heterocycles. The molecule has 0 radical (unpaired) electrons. The Labute approximate surface area is 100 Å². The number of likely N-dealkylation sites (N-methyl/N-ethyl adjacent to an activating group) is 1. The lowest BCUT2D eigenvalue weighted by Crippen LogP contribution is -2.46. The van der Waals surface area contributed by atoms with Crippen LogP contribution in [0.25, 0.3) is 0 Å². The number of nitrogens with zero attached hydrogens (tertiary/aromatic N) is 1. The lowest BCUT2D eigenvalue weighted by molar-refractivity contribution is -0.147. The molecule has 7 heteroatoms. The maximum atomic E-state index is 11.7. The van der Waals surface area contributed by atoms with Crippen molar-refractivity contribution in [2.24, 2.45) is 5.92 Å². The van der Waals surface area contributed by atoms with Crippen molar-refractivity contribution in [3.63, 3.8) is 0 Å². The highest BCUT2D eigenvalue weighted by Gasteiger charge is 2.38. The fourth-order valence-corrected chi connectivity index (χ4v) is 1.46. The van der Waals surface area contributed by atoms with Gasteiger partial charge in [-0.15, -0.1) is 0 Å². The highest BCUT2D eigenvalue weighted by molar-refractivity contribution is 6.82. The van der Waals surface area contributed by atoms with E-state index in [4.69, 9.17) is 9.31 Å². The van der Waals surface area contributed by atoms with Crippen molar-refractivity contribution in [1.82, 2.24) is 4.90 Å². The van der Waals surface area contributed by atoms with Gasteiger partial charge >= 0.3 is 19.1 Å². The molecule has 0 amide bonds. The normalized spacial score (nSPS) is 18.5. The second kappa shape index (κ2) is 5.81. The third kappa shape index (κ3) is 4.56. The molecule has 0 aliphatic carbocycles. The van der Waals surface area contributed by atoms with Crippen LogP contribution in [0.1, 0.15) is 20.3 Å². The standard InChI is InChI=1S/C10H16BNO5/c1-7(2)4-8(13)11-16-9(14)5-12(3)6-10(15)17-11/h7H,4-6H2,1-3H3. The summed E-state index contributed by atoms with van der Waals surface area (Å²) in [4.78, 5) is 35.8. The summed E-state index contributed by atoms with van der Waals surface area (Å²) in [7, 11) is 0.213. The zero-order valence-electron chi connectivity index (χ0n) is 10.3. The molecule has 0 atom stereocenters. The molecular weight excluding hydrogens is 225 g/mol. The van der Waals surface area contributed by atoms with Crippen molar-refractivity contribution in [1.29, 1.82) is 0 Å². The lowest BCUT2D eigenvalue weighted by Gasteiger charge is -2.22. The molecule has 1 heterocycles. The molecule has 0 aromatic rings. The molecule has 1 rings (SSSR count). The van der Waals surface area contributed by atoms with E-state index in [0.717, 1.165) is 0 Å². The van der Waals surface area contributed by atoms with Crippen LogP contribution in [0.2, 0.25) is 0 Å². The Kier molecular flexibility index (Phi) is 4.68. The van der Waals surface area contributed by atoms with Crippen LogP contribution in [0.4, 0.5) is 0 Å². The van der Waals surface area contributed by atoms with Crippen molar-refractivity contribution < 1.29 is 23.7 Å². The predicted molar refractivity (Wildman–Crippen MR) is 59.9 cm³/mol. The second-order valence-electron chi connectivity index (χ2n) is 4.55. The summed E-state index contributed by atoms with van der Waals surface area (Å²) in [6.07, 6.45) is 0.209. The smallest absolute Gasteiger partial charge is 0.493 e. The molecule has 0 spiro atoms. The summed E-state index contributed by atoms with van der Waals surface area (Å²) in [5, 5.41) is 0. The number of hydrogen-bond donors (Lipinski definition) is 0. The van der Waals surface area contributed by atoms with Gasteiger partial charge in [-0.25, -0.2) is 0 Å². The van der Waals surface area contributed by atoms with Gasteiger partial charge in [-0.3, -0.25) is 14.5 Å². The van der Waals surface area contributed by atoms with Gasteiger partial charge in [-0.2, -0.15) is 0 Å². The van der Waals surface area contributed by atoms with Crippen molar-refractivity contribution in [3.8, 4) is 0 Å². The van der Waals surface area contributed by atoms with Crippen LogP contribution in [0.15, 0.2) is 0 Å². The van der Waals surface area contributed by atoms with Gasteiger partial charge in [0.05, 0.1) is 13.1 Å². The molecule has 17 heavy (non-hydrogen) atoms. The van der Waals surface area contributed by atoms with Crippen LogP contribution in [0, 0.1) is 5.92 Å². The van der Waals surface area contributed by atoms with Crippen LogP contribution in [-0.2, 0) is 23.7 Å². The van der Waals surface area contributed by atoms with Gasteiger partial charge in [-0.05, 0) is 13.0 Å². The summed E-state index contributed by atoms with van der Waals surface area (Å²) in [5.41, 5.74) is -0.383. The van der Waals surface area contributed by atoms with Crippen LogP contribution >= 0.6 is 0 Å². The van der Waals surface area contributed by atoms with Crippen molar-refractivity contribution in [2.75, 3.05) is 20.1 Å². The summed E-state index contributed by atoms with van der Waals surface area (Å²) >= 11 is 0. The van der Waals surface area contributed by atoms with Gasteiger partial charge < -0.3 is 14.1 Å². The molecule has 94 valence electrons.